The maximum absolute atomic E-state index is 12.3. The monoisotopic (exact) mass is 292 g/mol. The summed E-state index contributed by atoms with van der Waals surface area (Å²) in [7, 11) is 0. The van der Waals surface area contributed by atoms with Gasteiger partial charge < -0.3 is 9.88 Å². The number of hydrogen-bond donors (Lipinski definition) is 1. The van der Waals surface area contributed by atoms with E-state index in [1.807, 2.05) is 30.3 Å². The van der Waals surface area contributed by atoms with Crippen LogP contribution in [0.3, 0.4) is 0 Å². The minimum Gasteiger partial charge on any atom is -0.361 e. The predicted octanol–water partition coefficient (Wildman–Crippen LogP) is 2.66. The highest BCUT2D eigenvalue weighted by molar-refractivity contribution is 5.77. The third-order valence-corrected chi connectivity index (χ3v) is 4.19. The largest absolute Gasteiger partial charge is 0.361 e. The average Bonchev–Trinajstić information content (AvgIpc) is 3.05. The van der Waals surface area contributed by atoms with Gasteiger partial charge in [-0.2, -0.15) is 0 Å². The van der Waals surface area contributed by atoms with Crippen molar-refractivity contribution in [1.29, 1.82) is 0 Å². The van der Waals surface area contributed by atoms with Gasteiger partial charge >= 0.3 is 0 Å². The van der Waals surface area contributed by atoms with Crippen LogP contribution in [0, 0.1) is 0 Å². The minimum atomic E-state index is -0.0674. The van der Waals surface area contributed by atoms with Crippen LogP contribution in [0.25, 0.3) is 10.9 Å². The fraction of sp³-hybridized carbons (Fsp3) is 0.235. The summed E-state index contributed by atoms with van der Waals surface area (Å²) in [5.74, 6) is 0.748. The highest BCUT2D eigenvalue weighted by Gasteiger charge is 2.28. The molecule has 1 aromatic carbocycles. The summed E-state index contributed by atoms with van der Waals surface area (Å²) in [5.41, 5.74) is 1.80. The van der Waals surface area contributed by atoms with Gasteiger partial charge in [-0.15, -0.1) is 0 Å². The molecule has 110 valence electrons. The van der Waals surface area contributed by atoms with Crippen molar-refractivity contribution >= 4 is 16.6 Å². The summed E-state index contributed by atoms with van der Waals surface area (Å²) in [6, 6.07) is 11.6. The molecule has 1 unspecified atom stereocenters. The average molecular weight is 292 g/mol. The summed E-state index contributed by atoms with van der Waals surface area (Å²) in [5, 5.41) is 0.639. The highest BCUT2D eigenvalue weighted by Crippen LogP contribution is 2.34. The van der Waals surface area contributed by atoms with Gasteiger partial charge in [0.1, 0.15) is 5.82 Å². The minimum absolute atomic E-state index is 0.0674. The van der Waals surface area contributed by atoms with Gasteiger partial charge in [0.2, 0.25) is 0 Å². The first-order valence-electron chi connectivity index (χ1n) is 7.48. The van der Waals surface area contributed by atoms with Crippen LogP contribution < -0.4 is 10.5 Å². The molecule has 1 aliphatic heterocycles. The van der Waals surface area contributed by atoms with Crippen LogP contribution in [-0.2, 0) is 0 Å². The van der Waals surface area contributed by atoms with Crippen molar-refractivity contribution in [2.45, 2.75) is 18.9 Å². The highest BCUT2D eigenvalue weighted by atomic mass is 16.1. The number of para-hydroxylation sites is 1. The lowest BCUT2D eigenvalue weighted by atomic mass is 10.1. The molecule has 0 saturated carbocycles. The fourth-order valence-electron chi connectivity index (χ4n) is 3.16. The molecule has 5 nitrogen and oxygen atoms in total. The van der Waals surface area contributed by atoms with Crippen molar-refractivity contribution in [3.8, 4) is 0 Å². The third kappa shape index (κ3) is 2.15. The SMILES string of the molecule is O=c1[nH]c(C2CCCN2c2ccncc2)nc2ccccc12. The van der Waals surface area contributed by atoms with E-state index in [0.29, 0.717) is 5.39 Å². The lowest BCUT2D eigenvalue weighted by molar-refractivity contribution is 0.667. The quantitative estimate of drug-likeness (QED) is 0.789. The molecule has 0 amide bonds. The molecule has 0 radical (unpaired) electrons. The molecule has 1 saturated heterocycles. The van der Waals surface area contributed by atoms with E-state index in [1.165, 1.54) is 0 Å². The number of hydrogen-bond acceptors (Lipinski definition) is 4. The molecule has 1 aliphatic rings. The first kappa shape index (κ1) is 13.0. The van der Waals surface area contributed by atoms with Gasteiger partial charge in [0.05, 0.1) is 16.9 Å². The zero-order chi connectivity index (χ0) is 14.9. The number of fused-ring (bicyclic) bond motifs is 1. The zero-order valence-electron chi connectivity index (χ0n) is 12.1. The third-order valence-electron chi connectivity index (χ3n) is 4.19. The molecule has 3 aromatic rings. The molecule has 0 spiro atoms. The van der Waals surface area contributed by atoms with Crippen molar-refractivity contribution < 1.29 is 0 Å². The Bertz CT molecular complexity index is 859. The molecule has 3 heterocycles. The Hall–Kier alpha value is -2.69. The van der Waals surface area contributed by atoms with Gasteiger partial charge in [0.25, 0.3) is 5.56 Å². The van der Waals surface area contributed by atoms with Crippen molar-refractivity contribution in [2.75, 3.05) is 11.4 Å². The molecule has 2 aromatic heterocycles. The topological polar surface area (TPSA) is 61.9 Å². The molecule has 0 aliphatic carbocycles. The van der Waals surface area contributed by atoms with Crippen molar-refractivity contribution in [1.82, 2.24) is 15.0 Å². The molecule has 1 atom stereocenters. The second kappa shape index (κ2) is 5.26. The smallest absolute Gasteiger partial charge is 0.258 e. The predicted molar refractivity (Wildman–Crippen MR) is 85.9 cm³/mol. The maximum Gasteiger partial charge on any atom is 0.258 e. The molecule has 1 fully saturated rings. The second-order valence-electron chi connectivity index (χ2n) is 5.53. The van der Waals surface area contributed by atoms with E-state index in [9.17, 15) is 4.79 Å². The van der Waals surface area contributed by atoms with E-state index in [1.54, 1.807) is 18.5 Å². The number of H-pyrrole nitrogens is 1. The Labute approximate surface area is 127 Å². The van der Waals surface area contributed by atoms with Gasteiger partial charge in [0, 0.05) is 24.6 Å². The Morgan fingerprint density at radius 1 is 1.14 bits per heavy atom. The Kier molecular flexibility index (Phi) is 3.11. The number of aromatic amines is 1. The Morgan fingerprint density at radius 2 is 1.95 bits per heavy atom. The molecular formula is C17H16N4O. The second-order valence-corrected chi connectivity index (χ2v) is 5.53. The summed E-state index contributed by atoms with van der Waals surface area (Å²) in [6.45, 7) is 0.964. The van der Waals surface area contributed by atoms with E-state index in [-0.39, 0.29) is 11.6 Å². The number of aromatic nitrogens is 3. The first-order valence-corrected chi connectivity index (χ1v) is 7.48. The van der Waals surface area contributed by atoms with Crippen LogP contribution in [0.15, 0.2) is 53.6 Å². The Balaban J connectivity index is 1.79. The van der Waals surface area contributed by atoms with E-state index in [2.05, 4.69) is 19.9 Å². The van der Waals surface area contributed by atoms with Crippen LogP contribution in [0.5, 0.6) is 0 Å². The lowest BCUT2D eigenvalue weighted by Crippen LogP contribution is -2.26. The standard InChI is InChI=1S/C17H16N4O/c22-17-13-4-1-2-5-14(13)19-16(20-17)15-6-3-11-21(15)12-7-9-18-10-8-12/h1-2,4-5,7-10,15H,3,6,11H2,(H,19,20,22). The number of pyridine rings is 1. The van der Waals surface area contributed by atoms with E-state index in [4.69, 9.17) is 0 Å². The van der Waals surface area contributed by atoms with Crippen LogP contribution in [-0.4, -0.2) is 21.5 Å². The molecule has 0 bridgehead atoms. The van der Waals surface area contributed by atoms with Gasteiger partial charge in [-0.3, -0.25) is 9.78 Å². The lowest BCUT2D eigenvalue weighted by Gasteiger charge is -2.26. The normalized spacial score (nSPS) is 18.0. The van der Waals surface area contributed by atoms with Crippen LogP contribution in [0.4, 0.5) is 5.69 Å². The number of nitrogens with zero attached hydrogens (tertiary/aromatic N) is 3. The molecule has 5 heteroatoms. The first-order chi connectivity index (χ1) is 10.8. The van der Waals surface area contributed by atoms with E-state index in [0.717, 1.165) is 36.4 Å². The van der Waals surface area contributed by atoms with Crippen LogP contribution in [0.2, 0.25) is 0 Å². The fourth-order valence-corrected chi connectivity index (χ4v) is 3.16. The number of rotatable bonds is 2. The van der Waals surface area contributed by atoms with Crippen molar-refractivity contribution in [2.24, 2.45) is 0 Å². The number of benzene rings is 1. The van der Waals surface area contributed by atoms with E-state index < -0.39 is 0 Å². The van der Waals surface area contributed by atoms with Gasteiger partial charge in [-0.1, -0.05) is 12.1 Å². The Morgan fingerprint density at radius 3 is 2.82 bits per heavy atom. The summed E-state index contributed by atoms with van der Waals surface area (Å²) >= 11 is 0. The van der Waals surface area contributed by atoms with E-state index >= 15 is 0 Å². The van der Waals surface area contributed by atoms with Gasteiger partial charge in [-0.05, 0) is 37.1 Å². The molecule has 22 heavy (non-hydrogen) atoms. The molecular weight excluding hydrogens is 276 g/mol. The van der Waals surface area contributed by atoms with Crippen molar-refractivity contribution in [3.05, 3.63) is 65.0 Å². The summed E-state index contributed by atoms with van der Waals surface area (Å²) in [4.78, 5) is 26.3. The number of nitrogens with one attached hydrogen (secondary N) is 1. The number of anilines is 1. The van der Waals surface area contributed by atoms with Crippen molar-refractivity contribution in [3.63, 3.8) is 0 Å². The molecule has 1 N–H and O–H groups in total. The summed E-state index contributed by atoms with van der Waals surface area (Å²) in [6.07, 6.45) is 5.66. The van der Waals surface area contributed by atoms with Gasteiger partial charge in [-0.25, -0.2) is 4.98 Å². The zero-order valence-corrected chi connectivity index (χ0v) is 12.1. The van der Waals surface area contributed by atoms with Crippen LogP contribution in [0.1, 0.15) is 24.7 Å². The summed E-state index contributed by atoms with van der Waals surface area (Å²) < 4.78 is 0. The van der Waals surface area contributed by atoms with Gasteiger partial charge in [0.15, 0.2) is 0 Å². The molecule has 4 rings (SSSR count). The maximum atomic E-state index is 12.3. The van der Waals surface area contributed by atoms with Crippen LogP contribution >= 0.6 is 0 Å².